The minimum atomic E-state index is -0.264. The number of aromatic amines is 1. The molecule has 0 saturated carbocycles. The van der Waals surface area contributed by atoms with Gasteiger partial charge in [-0.05, 0) is 42.7 Å². The van der Waals surface area contributed by atoms with E-state index in [9.17, 15) is 9.59 Å². The summed E-state index contributed by atoms with van der Waals surface area (Å²) in [5.41, 5.74) is 2.35. The molecule has 0 unspecified atom stereocenters. The van der Waals surface area contributed by atoms with Gasteiger partial charge in [-0.3, -0.25) is 19.6 Å². The number of pyridine rings is 2. The number of H-pyrrole nitrogens is 1. The molecule has 0 aliphatic heterocycles. The van der Waals surface area contributed by atoms with Crippen molar-refractivity contribution >= 4 is 27.5 Å². The molecule has 4 aromatic heterocycles. The molecular formula is C21H19N5O2S. The summed E-state index contributed by atoms with van der Waals surface area (Å²) < 4.78 is 0.443. The number of carbonyl (C=O) groups excluding carboxylic acids is 1. The maximum absolute atomic E-state index is 13.0. The zero-order valence-corrected chi connectivity index (χ0v) is 16.6. The highest BCUT2D eigenvalue weighted by Crippen LogP contribution is 2.24. The summed E-state index contributed by atoms with van der Waals surface area (Å²) in [7, 11) is 1.77. The van der Waals surface area contributed by atoms with Gasteiger partial charge in [0.15, 0.2) is 5.82 Å². The van der Waals surface area contributed by atoms with Crippen LogP contribution < -0.4 is 5.56 Å². The fraction of sp³-hybridized carbons (Fsp3) is 0.190. The van der Waals surface area contributed by atoms with Gasteiger partial charge in [0.05, 0.1) is 5.56 Å². The van der Waals surface area contributed by atoms with Gasteiger partial charge in [0.1, 0.15) is 15.9 Å². The second-order valence-electron chi connectivity index (χ2n) is 6.64. The number of aryl methyl sites for hydroxylation is 1. The van der Waals surface area contributed by atoms with Crippen molar-refractivity contribution in [2.45, 2.75) is 12.8 Å². The average Bonchev–Trinajstić information content (AvgIpc) is 3.19. The molecule has 1 amide bonds. The molecular weight excluding hydrogens is 386 g/mol. The third-order valence-corrected chi connectivity index (χ3v) is 5.59. The van der Waals surface area contributed by atoms with Gasteiger partial charge in [0.2, 0.25) is 0 Å². The molecule has 0 saturated heterocycles. The van der Waals surface area contributed by atoms with Crippen LogP contribution in [0.3, 0.4) is 0 Å². The highest BCUT2D eigenvalue weighted by Gasteiger charge is 2.20. The van der Waals surface area contributed by atoms with Gasteiger partial charge in [-0.1, -0.05) is 6.07 Å². The van der Waals surface area contributed by atoms with Gasteiger partial charge >= 0.3 is 0 Å². The normalized spacial score (nSPS) is 10.9. The lowest BCUT2D eigenvalue weighted by atomic mass is 10.1. The molecule has 0 aliphatic carbocycles. The molecule has 29 heavy (non-hydrogen) atoms. The number of nitrogens with one attached hydrogen (secondary N) is 1. The van der Waals surface area contributed by atoms with Crippen molar-refractivity contribution in [1.82, 2.24) is 24.8 Å². The van der Waals surface area contributed by atoms with E-state index in [0.29, 0.717) is 33.8 Å². The molecule has 0 spiro atoms. The molecule has 0 bridgehead atoms. The third-order valence-electron chi connectivity index (χ3n) is 4.62. The van der Waals surface area contributed by atoms with E-state index >= 15 is 0 Å². The van der Waals surface area contributed by atoms with Crippen molar-refractivity contribution in [2.75, 3.05) is 13.6 Å². The zero-order chi connectivity index (χ0) is 20.2. The number of carbonyl (C=O) groups is 1. The number of amides is 1. The maximum atomic E-state index is 13.0. The first-order valence-corrected chi connectivity index (χ1v) is 10.1. The summed E-state index contributed by atoms with van der Waals surface area (Å²) >= 11 is 1.23. The first-order valence-electron chi connectivity index (χ1n) is 9.21. The number of fused-ring (bicyclic) bond motifs is 1. The largest absolute Gasteiger partial charge is 0.342 e. The summed E-state index contributed by atoms with van der Waals surface area (Å²) in [6.45, 7) is 0.606. The molecule has 0 radical (unpaired) electrons. The molecule has 1 N–H and O–H groups in total. The topological polar surface area (TPSA) is 91.8 Å². The molecule has 4 heterocycles. The van der Waals surface area contributed by atoms with Crippen molar-refractivity contribution < 1.29 is 4.79 Å². The first-order chi connectivity index (χ1) is 14.1. The quantitative estimate of drug-likeness (QED) is 0.532. The standard InChI is InChI=1S/C21H19N5O2S/c1-26(12-4-5-14-7-10-22-11-8-14)21(28)15-13-29-18-17(15)24-19(25-20(18)27)16-6-2-3-9-23-16/h2-3,6-11,13H,4-5,12H2,1H3,(H,24,25,27). The van der Waals surface area contributed by atoms with E-state index in [1.165, 1.54) is 16.9 Å². The number of hydrogen-bond acceptors (Lipinski definition) is 6. The SMILES string of the molecule is CN(CCCc1ccncc1)C(=O)c1csc2c(=O)[nH]c(-c3ccccn3)nc12. The number of rotatable bonds is 6. The van der Waals surface area contributed by atoms with E-state index < -0.39 is 0 Å². The number of hydrogen-bond donors (Lipinski definition) is 1. The average molecular weight is 405 g/mol. The Morgan fingerprint density at radius 3 is 2.76 bits per heavy atom. The van der Waals surface area contributed by atoms with Gasteiger partial charge in [-0.25, -0.2) is 4.98 Å². The molecule has 8 heteroatoms. The van der Waals surface area contributed by atoms with Crippen LogP contribution in [0.1, 0.15) is 22.3 Å². The van der Waals surface area contributed by atoms with E-state index in [0.717, 1.165) is 12.8 Å². The van der Waals surface area contributed by atoms with Crippen LogP contribution in [0.2, 0.25) is 0 Å². The number of aromatic nitrogens is 4. The van der Waals surface area contributed by atoms with Crippen LogP contribution in [-0.2, 0) is 6.42 Å². The van der Waals surface area contributed by atoms with Crippen molar-refractivity contribution in [1.29, 1.82) is 0 Å². The Morgan fingerprint density at radius 1 is 1.17 bits per heavy atom. The monoisotopic (exact) mass is 405 g/mol. The van der Waals surface area contributed by atoms with Crippen LogP contribution in [0.25, 0.3) is 21.7 Å². The highest BCUT2D eigenvalue weighted by atomic mass is 32.1. The van der Waals surface area contributed by atoms with Gasteiger partial charge in [-0.15, -0.1) is 11.3 Å². The van der Waals surface area contributed by atoms with Gasteiger partial charge in [0, 0.05) is 37.6 Å². The zero-order valence-electron chi connectivity index (χ0n) is 15.8. The number of nitrogens with zero attached hydrogens (tertiary/aromatic N) is 4. The van der Waals surface area contributed by atoms with E-state index in [2.05, 4.69) is 19.9 Å². The molecule has 0 atom stereocenters. The van der Waals surface area contributed by atoms with E-state index in [-0.39, 0.29) is 11.5 Å². The molecule has 0 fully saturated rings. The van der Waals surface area contributed by atoms with Crippen LogP contribution in [0, 0.1) is 0 Å². The third kappa shape index (κ3) is 4.07. The Kier molecular flexibility index (Phi) is 5.44. The molecule has 7 nitrogen and oxygen atoms in total. The minimum absolute atomic E-state index is 0.143. The van der Waals surface area contributed by atoms with E-state index in [1.807, 2.05) is 18.2 Å². The first kappa shape index (κ1) is 18.9. The van der Waals surface area contributed by atoms with E-state index in [4.69, 9.17) is 0 Å². The lowest BCUT2D eigenvalue weighted by Crippen LogP contribution is -2.28. The second-order valence-corrected chi connectivity index (χ2v) is 7.52. The summed E-state index contributed by atoms with van der Waals surface area (Å²) in [6.07, 6.45) is 6.87. The molecule has 146 valence electrons. The molecule has 0 aliphatic rings. The minimum Gasteiger partial charge on any atom is -0.342 e. The van der Waals surface area contributed by atoms with Crippen LogP contribution in [0.5, 0.6) is 0 Å². The number of thiophene rings is 1. The maximum Gasteiger partial charge on any atom is 0.269 e. The fourth-order valence-corrected chi connectivity index (χ4v) is 3.95. The summed E-state index contributed by atoms with van der Waals surface area (Å²) in [6, 6.07) is 9.33. The summed E-state index contributed by atoms with van der Waals surface area (Å²) in [4.78, 5) is 42.6. The lowest BCUT2D eigenvalue weighted by Gasteiger charge is -2.16. The summed E-state index contributed by atoms with van der Waals surface area (Å²) in [5, 5.41) is 1.71. The fourth-order valence-electron chi connectivity index (χ4n) is 3.08. The smallest absolute Gasteiger partial charge is 0.269 e. The molecule has 4 aromatic rings. The van der Waals surface area contributed by atoms with Crippen LogP contribution in [0.15, 0.2) is 59.1 Å². The Balaban J connectivity index is 1.55. The molecule has 4 rings (SSSR count). The second kappa shape index (κ2) is 8.32. The van der Waals surface area contributed by atoms with Gasteiger partial charge in [-0.2, -0.15) is 0 Å². The van der Waals surface area contributed by atoms with E-state index in [1.54, 1.807) is 48.1 Å². The predicted molar refractivity (Wildman–Crippen MR) is 113 cm³/mol. The molecule has 0 aromatic carbocycles. The summed E-state index contributed by atoms with van der Waals surface area (Å²) in [5.74, 6) is 0.215. The predicted octanol–water partition coefficient (Wildman–Crippen LogP) is 3.15. The highest BCUT2D eigenvalue weighted by molar-refractivity contribution is 7.17. The Bertz CT molecular complexity index is 1190. The van der Waals surface area contributed by atoms with Crippen molar-refractivity contribution in [2.24, 2.45) is 0 Å². The van der Waals surface area contributed by atoms with Gasteiger partial charge < -0.3 is 9.88 Å². The van der Waals surface area contributed by atoms with Crippen molar-refractivity contribution in [3.8, 4) is 11.5 Å². The van der Waals surface area contributed by atoms with Crippen molar-refractivity contribution in [3.63, 3.8) is 0 Å². The Hall–Kier alpha value is -3.39. The van der Waals surface area contributed by atoms with Crippen molar-refractivity contribution in [3.05, 3.63) is 75.8 Å². The Labute approximate surface area is 171 Å². The van der Waals surface area contributed by atoms with Crippen LogP contribution >= 0.6 is 11.3 Å². The lowest BCUT2D eigenvalue weighted by molar-refractivity contribution is 0.0796. The van der Waals surface area contributed by atoms with Crippen LogP contribution in [0.4, 0.5) is 0 Å². The van der Waals surface area contributed by atoms with Crippen LogP contribution in [-0.4, -0.2) is 44.3 Å². The Morgan fingerprint density at radius 2 is 2.00 bits per heavy atom. The van der Waals surface area contributed by atoms with Gasteiger partial charge in [0.25, 0.3) is 11.5 Å².